The van der Waals surface area contributed by atoms with E-state index in [1.165, 1.54) is 18.4 Å². The number of aliphatic carboxylic acids is 1. The van der Waals surface area contributed by atoms with Crippen LogP contribution in [0.2, 0.25) is 0 Å². The molecule has 18 heavy (non-hydrogen) atoms. The van der Waals surface area contributed by atoms with Gasteiger partial charge in [-0.2, -0.15) is 11.3 Å². The van der Waals surface area contributed by atoms with Gasteiger partial charge in [0.1, 0.15) is 0 Å². The van der Waals surface area contributed by atoms with Gasteiger partial charge in [0.2, 0.25) is 0 Å². The molecule has 2 rings (SSSR count). The van der Waals surface area contributed by atoms with Crippen molar-refractivity contribution in [3.8, 4) is 0 Å². The Morgan fingerprint density at radius 2 is 2.39 bits per heavy atom. The van der Waals surface area contributed by atoms with Crippen LogP contribution in [0.4, 0.5) is 0 Å². The van der Waals surface area contributed by atoms with Crippen LogP contribution in [-0.2, 0) is 11.3 Å². The highest BCUT2D eigenvalue weighted by Crippen LogP contribution is 2.28. The zero-order valence-electron chi connectivity index (χ0n) is 10.6. The fraction of sp³-hybridized carbons (Fsp3) is 0.500. The number of hydrogen-bond acceptors (Lipinski definition) is 3. The molecular weight excluding hydrogens is 246 g/mol. The Labute approximate surface area is 112 Å². The van der Waals surface area contributed by atoms with E-state index in [9.17, 15) is 4.79 Å². The van der Waals surface area contributed by atoms with Crippen molar-refractivity contribution in [3.05, 3.63) is 34.0 Å². The SMILES string of the molecule is CCC(=CCN(Cc1ccsc1)C1CC1)C(=O)O. The van der Waals surface area contributed by atoms with Gasteiger partial charge in [0.25, 0.3) is 0 Å². The highest BCUT2D eigenvalue weighted by atomic mass is 32.1. The quantitative estimate of drug-likeness (QED) is 0.770. The summed E-state index contributed by atoms with van der Waals surface area (Å²) >= 11 is 1.71. The van der Waals surface area contributed by atoms with E-state index in [0.717, 1.165) is 13.1 Å². The maximum absolute atomic E-state index is 11.0. The normalized spacial score (nSPS) is 16.2. The van der Waals surface area contributed by atoms with Gasteiger partial charge < -0.3 is 5.11 Å². The van der Waals surface area contributed by atoms with Crippen molar-refractivity contribution in [2.24, 2.45) is 0 Å². The van der Waals surface area contributed by atoms with Crippen LogP contribution in [0, 0.1) is 0 Å². The predicted octanol–water partition coefficient (Wildman–Crippen LogP) is 3.13. The van der Waals surface area contributed by atoms with Crippen LogP contribution < -0.4 is 0 Å². The van der Waals surface area contributed by atoms with Crippen LogP contribution in [-0.4, -0.2) is 28.6 Å². The van der Waals surface area contributed by atoms with Crippen LogP contribution >= 0.6 is 11.3 Å². The van der Waals surface area contributed by atoms with Crippen LogP contribution in [0.25, 0.3) is 0 Å². The van der Waals surface area contributed by atoms with Gasteiger partial charge in [-0.25, -0.2) is 4.79 Å². The molecule has 0 unspecified atom stereocenters. The zero-order valence-corrected chi connectivity index (χ0v) is 11.4. The van der Waals surface area contributed by atoms with Gasteiger partial charge in [-0.1, -0.05) is 13.0 Å². The van der Waals surface area contributed by atoms with Gasteiger partial charge in [-0.15, -0.1) is 0 Å². The molecule has 4 heteroatoms. The Balaban J connectivity index is 1.96. The Morgan fingerprint density at radius 3 is 2.89 bits per heavy atom. The summed E-state index contributed by atoms with van der Waals surface area (Å²) in [4.78, 5) is 13.3. The second kappa shape index (κ2) is 6.16. The molecule has 3 nitrogen and oxygen atoms in total. The lowest BCUT2D eigenvalue weighted by Crippen LogP contribution is -2.26. The van der Waals surface area contributed by atoms with E-state index in [2.05, 4.69) is 21.7 Å². The highest BCUT2D eigenvalue weighted by Gasteiger charge is 2.28. The molecule has 1 saturated carbocycles. The van der Waals surface area contributed by atoms with E-state index in [4.69, 9.17) is 5.11 Å². The number of carbonyl (C=O) groups is 1. The number of carboxylic acid groups (broad SMARTS) is 1. The summed E-state index contributed by atoms with van der Waals surface area (Å²) in [5, 5.41) is 13.3. The minimum Gasteiger partial charge on any atom is -0.478 e. The van der Waals surface area contributed by atoms with E-state index in [1.807, 2.05) is 13.0 Å². The van der Waals surface area contributed by atoms with Crippen LogP contribution in [0.1, 0.15) is 31.7 Å². The first-order valence-corrected chi connectivity index (χ1v) is 7.32. The van der Waals surface area contributed by atoms with Crippen LogP contribution in [0.15, 0.2) is 28.5 Å². The van der Waals surface area contributed by atoms with Crippen molar-refractivity contribution in [2.75, 3.05) is 6.54 Å². The topological polar surface area (TPSA) is 40.5 Å². The second-order valence-electron chi connectivity index (χ2n) is 4.68. The molecule has 0 aromatic carbocycles. The molecule has 1 aliphatic carbocycles. The first-order chi connectivity index (χ1) is 8.70. The number of nitrogens with zero attached hydrogens (tertiary/aromatic N) is 1. The van der Waals surface area contributed by atoms with E-state index in [1.54, 1.807) is 11.3 Å². The second-order valence-corrected chi connectivity index (χ2v) is 5.46. The Morgan fingerprint density at radius 1 is 1.61 bits per heavy atom. The maximum Gasteiger partial charge on any atom is 0.331 e. The molecule has 0 spiro atoms. The largest absolute Gasteiger partial charge is 0.478 e. The smallest absolute Gasteiger partial charge is 0.331 e. The Bertz CT molecular complexity index is 421. The monoisotopic (exact) mass is 265 g/mol. The number of hydrogen-bond donors (Lipinski definition) is 1. The molecule has 1 aromatic rings. The third-order valence-electron chi connectivity index (χ3n) is 3.26. The molecule has 0 atom stereocenters. The van der Waals surface area contributed by atoms with Crippen molar-refractivity contribution in [2.45, 2.75) is 38.8 Å². The summed E-state index contributed by atoms with van der Waals surface area (Å²) in [7, 11) is 0. The van der Waals surface area contributed by atoms with Crippen LogP contribution in [0.5, 0.6) is 0 Å². The third-order valence-corrected chi connectivity index (χ3v) is 3.99. The minimum absolute atomic E-state index is 0.519. The lowest BCUT2D eigenvalue weighted by molar-refractivity contribution is -0.132. The molecule has 0 aliphatic heterocycles. The van der Waals surface area contributed by atoms with Crippen molar-refractivity contribution >= 4 is 17.3 Å². The first-order valence-electron chi connectivity index (χ1n) is 6.38. The van der Waals surface area contributed by atoms with Gasteiger partial charge in [-0.05, 0) is 41.7 Å². The molecule has 1 aliphatic rings. The molecule has 1 aromatic heterocycles. The predicted molar refractivity (Wildman–Crippen MR) is 73.8 cm³/mol. The molecule has 1 fully saturated rings. The van der Waals surface area contributed by atoms with Gasteiger partial charge in [0, 0.05) is 24.7 Å². The molecule has 0 amide bonds. The molecule has 98 valence electrons. The van der Waals surface area contributed by atoms with E-state index >= 15 is 0 Å². The maximum atomic E-state index is 11.0. The van der Waals surface area contributed by atoms with Gasteiger partial charge in [0.15, 0.2) is 0 Å². The Hall–Kier alpha value is -1.13. The molecule has 1 heterocycles. The fourth-order valence-electron chi connectivity index (χ4n) is 2.01. The molecule has 1 N–H and O–H groups in total. The summed E-state index contributed by atoms with van der Waals surface area (Å²) < 4.78 is 0. The van der Waals surface area contributed by atoms with Gasteiger partial charge in [0.05, 0.1) is 0 Å². The summed E-state index contributed by atoms with van der Waals surface area (Å²) in [6.45, 7) is 3.57. The first kappa shape index (κ1) is 13.3. The van der Waals surface area contributed by atoms with Crippen molar-refractivity contribution < 1.29 is 9.90 Å². The number of carboxylic acids is 1. The zero-order chi connectivity index (χ0) is 13.0. The van der Waals surface area contributed by atoms with E-state index < -0.39 is 5.97 Å². The lowest BCUT2D eigenvalue weighted by atomic mass is 10.2. The molecule has 0 saturated heterocycles. The molecule has 0 bridgehead atoms. The average molecular weight is 265 g/mol. The van der Waals surface area contributed by atoms with Gasteiger partial charge in [-0.3, -0.25) is 4.90 Å². The summed E-state index contributed by atoms with van der Waals surface area (Å²) in [6, 6.07) is 2.79. The number of thiophene rings is 1. The Kier molecular flexibility index (Phi) is 4.55. The van der Waals surface area contributed by atoms with Crippen LogP contribution in [0.3, 0.4) is 0 Å². The standard InChI is InChI=1S/C14H19NO2S/c1-2-12(14(16)17)5-7-15(13-3-4-13)9-11-6-8-18-10-11/h5-6,8,10,13H,2-4,7,9H2,1H3,(H,16,17). The third kappa shape index (κ3) is 3.68. The summed E-state index contributed by atoms with van der Waals surface area (Å²) in [5.41, 5.74) is 1.85. The average Bonchev–Trinajstić information content (AvgIpc) is 3.06. The molecule has 0 radical (unpaired) electrons. The van der Waals surface area contributed by atoms with Crippen molar-refractivity contribution in [1.82, 2.24) is 4.90 Å². The summed E-state index contributed by atoms with van der Waals surface area (Å²) in [6.07, 6.45) is 4.94. The highest BCUT2D eigenvalue weighted by molar-refractivity contribution is 7.07. The lowest BCUT2D eigenvalue weighted by Gasteiger charge is -2.19. The van der Waals surface area contributed by atoms with E-state index in [-0.39, 0.29) is 0 Å². The van der Waals surface area contributed by atoms with Gasteiger partial charge >= 0.3 is 5.97 Å². The molecular formula is C14H19NO2S. The number of rotatable bonds is 7. The fourth-order valence-corrected chi connectivity index (χ4v) is 2.67. The van der Waals surface area contributed by atoms with E-state index in [0.29, 0.717) is 18.0 Å². The summed E-state index contributed by atoms with van der Waals surface area (Å²) in [5.74, 6) is -0.788. The minimum atomic E-state index is -0.788. The van der Waals surface area contributed by atoms with Crippen molar-refractivity contribution in [1.29, 1.82) is 0 Å². The van der Waals surface area contributed by atoms with Crippen molar-refractivity contribution in [3.63, 3.8) is 0 Å².